The minimum absolute atomic E-state index is 0.217. The van der Waals surface area contributed by atoms with Gasteiger partial charge >= 0.3 is 0 Å². The van der Waals surface area contributed by atoms with E-state index in [0.29, 0.717) is 10.6 Å². The van der Waals surface area contributed by atoms with E-state index >= 15 is 0 Å². The lowest BCUT2D eigenvalue weighted by Crippen LogP contribution is -2.25. The molecule has 0 aliphatic carbocycles. The van der Waals surface area contributed by atoms with Gasteiger partial charge < -0.3 is 10.0 Å². The van der Waals surface area contributed by atoms with Crippen molar-refractivity contribution in [3.8, 4) is 11.8 Å². The molecule has 3 nitrogen and oxygen atoms in total. The van der Waals surface area contributed by atoms with E-state index in [1.807, 2.05) is 6.92 Å². The molecule has 108 valence electrons. The third-order valence-corrected chi connectivity index (χ3v) is 4.05. The highest BCUT2D eigenvalue weighted by Crippen LogP contribution is 2.24. The van der Waals surface area contributed by atoms with Gasteiger partial charge in [0.2, 0.25) is 0 Å². The van der Waals surface area contributed by atoms with Crippen LogP contribution in [0.3, 0.4) is 0 Å². The SMILES string of the molecule is Cc1cc(C(=O)N(C)c2cccc(F)c2)sc1C#CCO. The zero-order valence-electron chi connectivity index (χ0n) is 11.7. The van der Waals surface area contributed by atoms with Gasteiger partial charge in [-0.25, -0.2) is 4.39 Å². The van der Waals surface area contributed by atoms with E-state index < -0.39 is 0 Å². The lowest BCUT2D eigenvalue weighted by molar-refractivity contribution is 0.0997. The Kier molecular flexibility index (Phi) is 4.73. The summed E-state index contributed by atoms with van der Waals surface area (Å²) in [5.74, 6) is 4.78. The van der Waals surface area contributed by atoms with Crippen molar-refractivity contribution in [2.45, 2.75) is 6.92 Å². The number of nitrogens with zero attached hydrogens (tertiary/aromatic N) is 1. The molecule has 0 unspecified atom stereocenters. The van der Waals surface area contributed by atoms with E-state index in [0.717, 1.165) is 10.4 Å². The van der Waals surface area contributed by atoms with E-state index in [-0.39, 0.29) is 18.3 Å². The monoisotopic (exact) mass is 303 g/mol. The number of halogens is 1. The van der Waals surface area contributed by atoms with Gasteiger partial charge in [0.15, 0.2) is 0 Å². The average Bonchev–Trinajstić information content (AvgIpc) is 2.84. The second kappa shape index (κ2) is 6.53. The van der Waals surface area contributed by atoms with Crippen molar-refractivity contribution in [2.75, 3.05) is 18.6 Å². The van der Waals surface area contributed by atoms with Crippen LogP contribution in [0.25, 0.3) is 0 Å². The van der Waals surface area contributed by atoms with Crippen molar-refractivity contribution in [1.82, 2.24) is 0 Å². The van der Waals surface area contributed by atoms with Crippen LogP contribution in [-0.2, 0) is 0 Å². The fourth-order valence-corrected chi connectivity index (χ4v) is 2.82. The zero-order valence-corrected chi connectivity index (χ0v) is 12.5. The van der Waals surface area contributed by atoms with E-state index in [2.05, 4.69) is 11.8 Å². The maximum Gasteiger partial charge on any atom is 0.268 e. The second-order valence-corrected chi connectivity index (χ2v) is 5.48. The highest BCUT2D eigenvalue weighted by molar-refractivity contribution is 7.14. The number of anilines is 1. The predicted molar refractivity (Wildman–Crippen MR) is 82.2 cm³/mol. The maximum absolute atomic E-state index is 13.2. The Morgan fingerprint density at radius 2 is 2.19 bits per heavy atom. The van der Waals surface area contributed by atoms with Crippen molar-refractivity contribution >= 4 is 22.9 Å². The molecule has 0 aliphatic heterocycles. The minimum Gasteiger partial charge on any atom is -0.384 e. The van der Waals surface area contributed by atoms with Crippen LogP contribution in [0.2, 0.25) is 0 Å². The van der Waals surface area contributed by atoms with Crippen molar-refractivity contribution < 1.29 is 14.3 Å². The maximum atomic E-state index is 13.2. The standard InChI is InChI=1S/C16H14FNO2S/c1-11-9-15(21-14(11)7-4-8-19)16(20)18(2)13-6-3-5-12(17)10-13/h3,5-6,9-10,19H,8H2,1-2H3. The van der Waals surface area contributed by atoms with Gasteiger partial charge in [-0.3, -0.25) is 4.79 Å². The smallest absolute Gasteiger partial charge is 0.268 e. The number of rotatable bonds is 2. The lowest BCUT2D eigenvalue weighted by Gasteiger charge is -2.16. The molecule has 1 aromatic carbocycles. The van der Waals surface area contributed by atoms with Crippen LogP contribution in [0.4, 0.5) is 10.1 Å². The molecule has 2 aromatic rings. The molecule has 0 atom stereocenters. The molecule has 0 saturated heterocycles. The Morgan fingerprint density at radius 1 is 1.43 bits per heavy atom. The Balaban J connectivity index is 2.28. The predicted octanol–water partition coefficient (Wildman–Crippen LogP) is 2.82. The largest absolute Gasteiger partial charge is 0.384 e. The Hall–Kier alpha value is -2.16. The molecule has 2 rings (SSSR count). The number of hydrogen-bond donors (Lipinski definition) is 1. The van der Waals surface area contributed by atoms with Crippen LogP contribution < -0.4 is 4.90 Å². The fraction of sp³-hybridized carbons (Fsp3) is 0.188. The lowest BCUT2D eigenvalue weighted by atomic mass is 10.2. The molecule has 0 saturated carbocycles. The minimum atomic E-state index is -0.385. The van der Waals surface area contributed by atoms with Gasteiger partial charge in [-0.2, -0.15) is 0 Å². The van der Waals surface area contributed by atoms with E-state index in [4.69, 9.17) is 5.11 Å². The first kappa shape index (κ1) is 15.2. The summed E-state index contributed by atoms with van der Waals surface area (Å²) in [4.78, 5) is 15.1. The van der Waals surface area contributed by atoms with Gasteiger partial charge in [0.25, 0.3) is 5.91 Å². The summed E-state index contributed by atoms with van der Waals surface area (Å²) < 4.78 is 13.2. The Morgan fingerprint density at radius 3 is 2.86 bits per heavy atom. The molecule has 5 heteroatoms. The number of aliphatic hydroxyl groups excluding tert-OH is 1. The van der Waals surface area contributed by atoms with Crippen LogP contribution in [0, 0.1) is 24.6 Å². The van der Waals surface area contributed by atoms with Crippen molar-refractivity contribution in [1.29, 1.82) is 0 Å². The third kappa shape index (κ3) is 3.48. The summed E-state index contributed by atoms with van der Waals surface area (Å²) in [6, 6.07) is 7.63. The van der Waals surface area contributed by atoms with Crippen molar-refractivity contribution in [3.63, 3.8) is 0 Å². The summed E-state index contributed by atoms with van der Waals surface area (Å²) in [5, 5.41) is 8.72. The number of thiophene rings is 1. The number of hydrogen-bond acceptors (Lipinski definition) is 3. The summed E-state index contributed by atoms with van der Waals surface area (Å²) in [5.41, 5.74) is 1.38. The zero-order chi connectivity index (χ0) is 15.4. The summed E-state index contributed by atoms with van der Waals surface area (Å²) >= 11 is 1.27. The number of carbonyl (C=O) groups excluding carboxylic acids is 1. The van der Waals surface area contributed by atoms with Crippen LogP contribution in [0.1, 0.15) is 20.1 Å². The highest BCUT2D eigenvalue weighted by atomic mass is 32.1. The number of benzene rings is 1. The molecule has 0 aliphatic rings. The normalized spacial score (nSPS) is 9.90. The van der Waals surface area contributed by atoms with Gasteiger partial charge in [-0.15, -0.1) is 11.3 Å². The van der Waals surface area contributed by atoms with Crippen LogP contribution in [0.15, 0.2) is 30.3 Å². The van der Waals surface area contributed by atoms with Gasteiger partial charge in [0, 0.05) is 12.7 Å². The molecule has 1 N–H and O–H groups in total. The summed E-state index contributed by atoms with van der Waals surface area (Å²) in [6.07, 6.45) is 0. The molecule has 1 heterocycles. The van der Waals surface area contributed by atoms with Crippen molar-refractivity contribution in [3.05, 3.63) is 51.5 Å². The van der Waals surface area contributed by atoms with Crippen LogP contribution in [0.5, 0.6) is 0 Å². The van der Waals surface area contributed by atoms with E-state index in [1.54, 1.807) is 25.2 Å². The first-order chi connectivity index (χ1) is 10.0. The third-order valence-electron chi connectivity index (χ3n) is 2.91. The molecular weight excluding hydrogens is 289 g/mol. The number of aryl methyl sites for hydroxylation is 1. The molecular formula is C16H14FNO2S. The van der Waals surface area contributed by atoms with Gasteiger partial charge in [-0.1, -0.05) is 17.9 Å². The second-order valence-electron chi connectivity index (χ2n) is 4.43. The number of amides is 1. The Labute approximate surface area is 126 Å². The number of carbonyl (C=O) groups is 1. The molecule has 0 fully saturated rings. The molecule has 1 amide bonds. The van der Waals surface area contributed by atoms with Crippen molar-refractivity contribution in [2.24, 2.45) is 0 Å². The van der Waals surface area contributed by atoms with Crippen LogP contribution in [-0.4, -0.2) is 24.7 Å². The number of aliphatic hydroxyl groups is 1. The van der Waals surface area contributed by atoms with Gasteiger partial charge in [0.1, 0.15) is 12.4 Å². The van der Waals surface area contributed by atoms with Gasteiger partial charge in [0.05, 0.1) is 9.75 Å². The summed E-state index contributed by atoms with van der Waals surface area (Å²) in [7, 11) is 1.60. The molecule has 21 heavy (non-hydrogen) atoms. The molecule has 0 spiro atoms. The fourth-order valence-electron chi connectivity index (χ4n) is 1.80. The average molecular weight is 303 g/mol. The van der Waals surface area contributed by atoms with E-state index in [9.17, 15) is 9.18 Å². The van der Waals surface area contributed by atoms with Crippen LogP contribution >= 0.6 is 11.3 Å². The van der Waals surface area contributed by atoms with Gasteiger partial charge in [-0.05, 0) is 36.8 Å². The highest BCUT2D eigenvalue weighted by Gasteiger charge is 2.17. The molecule has 0 bridgehead atoms. The Bertz CT molecular complexity index is 727. The van der Waals surface area contributed by atoms with E-state index in [1.165, 1.54) is 28.4 Å². The molecule has 0 radical (unpaired) electrons. The first-order valence-corrected chi connectivity index (χ1v) is 7.08. The summed E-state index contributed by atoms with van der Waals surface area (Å²) in [6.45, 7) is 1.64. The topological polar surface area (TPSA) is 40.5 Å². The first-order valence-electron chi connectivity index (χ1n) is 6.26. The molecule has 1 aromatic heterocycles. The quantitative estimate of drug-likeness (QED) is 0.867.